The fraction of sp³-hybridized carbons (Fsp3) is 0.714. The van der Waals surface area contributed by atoms with Crippen LogP contribution >= 0.6 is 0 Å². The topological polar surface area (TPSA) is 17.0 Å². The Kier molecular flexibility index (Phi) is 4.05. The van der Waals surface area contributed by atoms with Crippen LogP contribution in [0, 0.1) is 5.92 Å². The molecule has 0 spiro atoms. The summed E-state index contributed by atoms with van der Waals surface area (Å²) in [6.45, 7) is 6.72. The van der Waals surface area contributed by atoms with Gasteiger partial charge in [-0.05, 0) is 44.2 Å². The van der Waals surface area contributed by atoms with Gasteiger partial charge in [-0.3, -0.25) is 0 Å². The molecule has 1 aliphatic carbocycles. The Hall–Kier alpha value is -0.760. The van der Waals surface area contributed by atoms with Crippen LogP contribution in [0.3, 0.4) is 0 Å². The molecule has 0 aromatic carbocycles. The molecule has 1 atom stereocenters. The summed E-state index contributed by atoms with van der Waals surface area (Å²) in [6, 6.07) is 5.07. The van der Waals surface area contributed by atoms with Gasteiger partial charge in [-0.1, -0.05) is 13.3 Å². The summed E-state index contributed by atoms with van der Waals surface area (Å²) in [6.07, 6.45) is 7.67. The third-order valence-corrected chi connectivity index (χ3v) is 3.85. The van der Waals surface area contributed by atoms with E-state index in [-0.39, 0.29) is 0 Å². The molecule has 0 bridgehead atoms. The lowest BCUT2D eigenvalue weighted by Gasteiger charge is -2.32. The number of nitrogens with zero attached hydrogens (tertiary/aromatic N) is 1. The van der Waals surface area contributed by atoms with Crippen molar-refractivity contribution < 1.29 is 0 Å². The zero-order chi connectivity index (χ0) is 11.4. The summed E-state index contributed by atoms with van der Waals surface area (Å²) >= 11 is 0. The second kappa shape index (κ2) is 5.53. The Morgan fingerprint density at radius 1 is 1.50 bits per heavy atom. The van der Waals surface area contributed by atoms with Crippen LogP contribution in [-0.2, 0) is 13.1 Å². The number of aromatic nitrogens is 1. The van der Waals surface area contributed by atoms with E-state index < -0.39 is 0 Å². The largest absolute Gasteiger partial charge is 0.350 e. The molecule has 0 aliphatic heterocycles. The van der Waals surface area contributed by atoms with Crippen LogP contribution in [0.1, 0.15) is 45.2 Å². The zero-order valence-corrected chi connectivity index (χ0v) is 10.6. The highest BCUT2D eigenvalue weighted by Gasteiger charge is 2.23. The van der Waals surface area contributed by atoms with Gasteiger partial charge in [-0.15, -0.1) is 0 Å². The molecule has 1 aromatic rings. The molecule has 2 heteroatoms. The van der Waals surface area contributed by atoms with E-state index in [4.69, 9.17) is 0 Å². The standard InChI is InChI=1S/C14H24N2/c1-3-9-16-10-5-8-14(16)11-15-12(2)13-6-4-7-13/h5,8,10,12-13,15H,3-4,6-7,9,11H2,1-2H3. The molecule has 1 aliphatic rings. The van der Waals surface area contributed by atoms with Gasteiger partial charge in [-0.25, -0.2) is 0 Å². The van der Waals surface area contributed by atoms with Crippen LogP contribution < -0.4 is 5.32 Å². The number of rotatable bonds is 6. The molecule has 0 radical (unpaired) electrons. The molecule has 1 fully saturated rings. The Bertz CT molecular complexity index is 312. The van der Waals surface area contributed by atoms with E-state index >= 15 is 0 Å². The predicted molar refractivity (Wildman–Crippen MR) is 68.4 cm³/mol. The molecular weight excluding hydrogens is 196 g/mol. The molecule has 0 saturated heterocycles. The SMILES string of the molecule is CCCn1cccc1CNC(C)C1CCC1. The first-order valence-electron chi connectivity index (χ1n) is 6.68. The molecule has 1 unspecified atom stereocenters. The molecule has 90 valence electrons. The van der Waals surface area contributed by atoms with E-state index in [1.54, 1.807) is 0 Å². The lowest BCUT2D eigenvalue weighted by atomic mass is 9.80. The molecule has 1 heterocycles. The van der Waals surface area contributed by atoms with Crippen molar-refractivity contribution in [1.29, 1.82) is 0 Å². The number of hydrogen-bond donors (Lipinski definition) is 1. The first-order valence-corrected chi connectivity index (χ1v) is 6.68. The molecule has 1 aromatic heterocycles. The van der Waals surface area contributed by atoms with Crippen molar-refractivity contribution >= 4 is 0 Å². The second-order valence-corrected chi connectivity index (χ2v) is 5.05. The Morgan fingerprint density at radius 3 is 2.94 bits per heavy atom. The Morgan fingerprint density at radius 2 is 2.31 bits per heavy atom. The first-order chi connectivity index (χ1) is 7.81. The predicted octanol–water partition coefficient (Wildman–Crippen LogP) is 3.18. The van der Waals surface area contributed by atoms with E-state index in [2.05, 4.69) is 42.1 Å². The van der Waals surface area contributed by atoms with Gasteiger partial charge < -0.3 is 9.88 Å². The maximum Gasteiger partial charge on any atom is 0.0361 e. The van der Waals surface area contributed by atoms with Crippen molar-refractivity contribution in [3.8, 4) is 0 Å². The van der Waals surface area contributed by atoms with Crippen molar-refractivity contribution in [1.82, 2.24) is 9.88 Å². The van der Waals surface area contributed by atoms with Gasteiger partial charge in [0.05, 0.1) is 0 Å². The molecule has 1 N–H and O–H groups in total. The normalized spacial score (nSPS) is 18.4. The fourth-order valence-electron chi connectivity index (χ4n) is 2.44. The van der Waals surface area contributed by atoms with Crippen LogP contribution in [0.5, 0.6) is 0 Å². The van der Waals surface area contributed by atoms with Crippen LogP contribution in [0.15, 0.2) is 18.3 Å². The molecule has 16 heavy (non-hydrogen) atoms. The molecule has 2 rings (SSSR count). The molecular formula is C14H24N2. The van der Waals surface area contributed by atoms with E-state index in [0.29, 0.717) is 6.04 Å². The van der Waals surface area contributed by atoms with Crippen LogP contribution in [0.2, 0.25) is 0 Å². The lowest BCUT2D eigenvalue weighted by Crippen LogP contribution is -2.37. The highest BCUT2D eigenvalue weighted by atomic mass is 15.0. The van der Waals surface area contributed by atoms with E-state index in [1.807, 2.05) is 0 Å². The summed E-state index contributed by atoms with van der Waals surface area (Å²) in [5.74, 6) is 0.926. The van der Waals surface area contributed by atoms with E-state index in [9.17, 15) is 0 Å². The van der Waals surface area contributed by atoms with Gasteiger partial charge in [0.25, 0.3) is 0 Å². The summed E-state index contributed by atoms with van der Waals surface area (Å²) in [5.41, 5.74) is 1.42. The van der Waals surface area contributed by atoms with E-state index in [0.717, 1.165) is 19.0 Å². The highest BCUT2D eigenvalue weighted by Crippen LogP contribution is 2.29. The van der Waals surface area contributed by atoms with Gasteiger partial charge in [0, 0.05) is 31.0 Å². The van der Waals surface area contributed by atoms with Crippen LogP contribution in [0.4, 0.5) is 0 Å². The number of aryl methyl sites for hydroxylation is 1. The average molecular weight is 220 g/mol. The van der Waals surface area contributed by atoms with Crippen LogP contribution in [-0.4, -0.2) is 10.6 Å². The Balaban J connectivity index is 1.81. The van der Waals surface area contributed by atoms with Gasteiger partial charge in [0.1, 0.15) is 0 Å². The maximum absolute atomic E-state index is 3.66. The maximum atomic E-state index is 3.66. The number of hydrogen-bond acceptors (Lipinski definition) is 1. The third-order valence-electron chi connectivity index (χ3n) is 3.85. The number of nitrogens with one attached hydrogen (secondary N) is 1. The summed E-state index contributed by atoms with van der Waals surface area (Å²) in [5, 5.41) is 3.66. The van der Waals surface area contributed by atoms with Crippen molar-refractivity contribution in [2.24, 2.45) is 5.92 Å². The monoisotopic (exact) mass is 220 g/mol. The van der Waals surface area contributed by atoms with Gasteiger partial charge >= 0.3 is 0 Å². The smallest absolute Gasteiger partial charge is 0.0361 e. The highest BCUT2D eigenvalue weighted by molar-refractivity contribution is 5.07. The van der Waals surface area contributed by atoms with Gasteiger partial charge in [-0.2, -0.15) is 0 Å². The quantitative estimate of drug-likeness (QED) is 0.779. The zero-order valence-electron chi connectivity index (χ0n) is 10.6. The fourth-order valence-corrected chi connectivity index (χ4v) is 2.44. The van der Waals surface area contributed by atoms with Gasteiger partial charge in [0.15, 0.2) is 0 Å². The molecule has 1 saturated carbocycles. The van der Waals surface area contributed by atoms with Crippen molar-refractivity contribution in [3.63, 3.8) is 0 Å². The Labute approximate surface area is 99.0 Å². The third kappa shape index (κ3) is 2.67. The summed E-state index contributed by atoms with van der Waals surface area (Å²) in [7, 11) is 0. The minimum absolute atomic E-state index is 0.679. The molecule has 0 amide bonds. The first kappa shape index (κ1) is 11.7. The van der Waals surface area contributed by atoms with Crippen LogP contribution in [0.25, 0.3) is 0 Å². The minimum atomic E-state index is 0.679. The second-order valence-electron chi connectivity index (χ2n) is 5.05. The minimum Gasteiger partial charge on any atom is -0.350 e. The van der Waals surface area contributed by atoms with Gasteiger partial charge in [0.2, 0.25) is 0 Å². The summed E-state index contributed by atoms with van der Waals surface area (Å²) in [4.78, 5) is 0. The molecule has 2 nitrogen and oxygen atoms in total. The van der Waals surface area contributed by atoms with Crippen molar-refractivity contribution in [2.45, 2.75) is 58.7 Å². The lowest BCUT2D eigenvalue weighted by molar-refractivity contribution is 0.239. The summed E-state index contributed by atoms with van der Waals surface area (Å²) < 4.78 is 2.36. The van der Waals surface area contributed by atoms with Crippen molar-refractivity contribution in [2.75, 3.05) is 0 Å². The van der Waals surface area contributed by atoms with E-state index in [1.165, 1.54) is 31.4 Å². The van der Waals surface area contributed by atoms with Crippen molar-refractivity contribution in [3.05, 3.63) is 24.0 Å². The average Bonchev–Trinajstić information content (AvgIpc) is 2.60.